The van der Waals surface area contributed by atoms with Crippen LogP contribution in [0.4, 0.5) is 0 Å². The van der Waals surface area contributed by atoms with E-state index in [9.17, 15) is 14.7 Å². The van der Waals surface area contributed by atoms with E-state index >= 15 is 0 Å². The van der Waals surface area contributed by atoms with E-state index in [2.05, 4.69) is 0 Å². The van der Waals surface area contributed by atoms with Gasteiger partial charge in [0, 0.05) is 6.54 Å². The Bertz CT molecular complexity index is 728. The maximum atomic E-state index is 12.2. The zero-order valence-corrected chi connectivity index (χ0v) is 10.0. The Balaban J connectivity index is 2.58. The minimum Gasteiger partial charge on any atom is -0.871 e. The van der Waals surface area contributed by atoms with Gasteiger partial charge in [-0.1, -0.05) is 23.9 Å². The summed E-state index contributed by atoms with van der Waals surface area (Å²) in [5.74, 6) is -0.880. The Morgan fingerprint density at radius 2 is 2.17 bits per heavy atom. The highest BCUT2D eigenvalue weighted by Gasteiger charge is 2.18. The van der Waals surface area contributed by atoms with Gasteiger partial charge in [0.25, 0.3) is 5.56 Å². The van der Waals surface area contributed by atoms with Gasteiger partial charge in [-0.05, 0) is 30.7 Å². The van der Waals surface area contributed by atoms with Crippen LogP contribution in [0, 0.1) is 0 Å². The molecule has 0 atom stereocenters. The fourth-order valence-electron chi connectivity index (χ4n) is 2.71. The van der Waals surface area contributed by atoms with Crippen LogP contribution in [0.1, 0.15) is 29.3 Å². The van der Waals surface area contributed by atoms with Gasteiger partial charge in [-0.15, -0.1) is 0 Å². The van der Waals surface area contributed by atoms with Crippen molar-refractivity contribution in [2.45, 2.75) is 26.3 Å². The number of carbonyl (C=O) groups excluding carboxylic acids is 1. The minimum atomic E-state index is -0.452. The molecule has 1 aliphatic heterocycles. The highest BCUT2D eigenvalue weighted by Crippen LogP contribution is 2.29. The Kier molecular flexibility index (Phi) is 2.26. The Labute approximate surface area is 103 Å². The van der Waals surface area contributed by atoms with Crippen LogP contribution in [-0.4, -0.2) is 10.4 Å². The summed E-state index contributed by atoms with van der Waals surface area (Å²) in [6.45, 7) is 1.84. The number of aryl methyl sites for hydroxylation is 2. The van der Waals surface area contributed by atoms with Crippen molar-refractivity contribution in [2.75, 3.05) is 0 Å². The van der Waals surface area contributed by atoms with Crippen molar-refractivity contribution in [3.05, 3.63) is 39.7 Å². The molecule has 0 unspecified atom stereocenters. The highest BCUT2D eigenvalue weighted by molar-refractivity contribution is 6.02. The molecule has 0 saturated carbocycles. The van der Waals surface area contributed by atoms with Gasteiger partial charge in [0.2, 0.25) is 0 Å². The number of para-hydroxylation sites is 1. The monoisotopic (exact) mass is 242 g/mol. The second kappa shape index (κ2) is 3.70. The number of ketones is 1. The van der Waals surface area contributed by atoms with Gasteiger partial charge in [-0.2, -0.15) is 0 Å². The normalized spacial score (nSPS) is 13.8. The first-order valence-corrected chi connectivity index (χ1v) is 5.97. The lowest BCUT2D eigenvalue weighted by Crippen LogP contribution is -2.30. The van der Waals surface area contributed by atoms with Crippen molar-refractivity contribution in [3.63, 3.8) is 0 Å². The van der Waals surface area contributed by atoms with Crippen LogP contribution in [0.3, 0.4) is 0 Å². The van der Waals surface area contributed by atoms with Crippen LogP contribution in [0.25, 0.3) is 10.9 Å². The molecule has 1 aromatic carbocycles. The summed E-state index contributed by atoms with van der Waals surface area (Å²) in [4.78, 5) is 23.7. The maximum absolute atomic E-state index is 12.2. The number of rotatable bonds is 1. The molecule has 1 aliphatic rings. The van der Waals surface area contributed by atoms with E-state index in [0.717, 1.165) is 18.4 Å². The summed E-state index contributed by atoms with van der Waals surface area (Å²) in [6, 6.07) is 5.43. The second-order valence-corrected chi connectivity index (χ2v) is 4.63. The van der Waals surface area contributed by atoms with E-state index in [1.165, 1.54) is 6.92 Å². The van der Waals surface area contributed by atoms with Crippen molar-refractivity contribution in [2.24, 2.45) is 0 Å². The van der Waals surface area contributed by atoms with Gasteiger partial charge in [0.15, 0.2) is 5.78 Å². The molecule has 0 N–H and O–H groups in total. The topological polar surface area (TPSA) is 62.1 Å². The molecule has 4 nitrogen and oxygen atoms in total. The zero-order valence-electron chi connectivity index (χ0n) is 10.0. The van der Waals surface area contributed by atoms with E-state index < -0.39 is 17.1 Å². The molecule has 0 spiro atoms. The molecule has 0 aliphatic carbocycles. The standard InChI is InChI=1S/C14H13NO3/c1-8(16)11-13(17)10-6-2-4-9-5-3-7-15(12(9)10)14(11)18/h2,4,6,17H,3,5,7H2,1H3/p-1. The lowest BCUT2D eigenvalue weighted by atomic mass is 9.98. The third-order valence-electron chi connectivity index (χ3n) is 3.50. The number of benzene rings is 1. The average molecular weight is 242 g/mol. The summed E-state index contributed by atoms with van der Waals surface area (Å²) >= 11 is 0. The van der Waals surface area contributed by atoms with Crippen molar-refractivity contribution in [1.29, 1.82) is 0 Å². The van der Waals surface area contributed by atoms with Crippen molar-refractivity contribution in [1.82, 2.24) is 4.57 Å². The molecule has 0 fully saturated rings. The van der Waals surface area contributed by atoms with E-state index in [1.54, 1.807) is 10.6 Å². The fraction of sp³-hybridized carbons (Fsp3) is 0.286. The van der Waals surface area contributed by atoms with Crippen molar-refractivity contribution >= 4 is 16.7 Å². The van der Waals surface area contributed by atoms with E-state index in [4.69, 9.17) is 0 Å². The average Bonchev–Trinajstić information content (AvgIpc) is 2.35. The third-order valence-corrected chi connectivity index (χ3v) is 3.50. The Morgan fingerprint density at radius 3 is 2.89 bits per heavy atom. The number of aromatic nitrogens is 1. The van der Waals surface area contributed by atoms with Gasteiger partial charge in [0.1, 0.15) is 0 Å². The van der Waals surface area contributed by atoms with Crippen LogP contribution >= 0.6 is 0 Å². The predicted molar refractivity (Wildman–Crippen MR) is 66.0 cm³/mol. The van der Waals surface area contributed by atoms with E-state index in [0.29, 0.717) is 17.4 Å². The van der Waals surface area contributed by atoms with Gasteiger partial charge >= 0.3 is 0 Å². The molecule has 0 bridgehead atoms. The van der Waals surface area contributed by atoms with Crippen LogP contribution in [-0.2, 0) is 13.0 Å². The summed E-state index contributed by atoms with van der Waals surface area (Å²) in [6.07, 6.45) is 1.73. The lowest BCUT2D eigenvalue weighted by molar-refractivity contribution is -0.266. The smallest absolute Gasteiger partial charge is 0.261 e. The van der Waals surface area contributed by atoms with E-state index in [1.807, 2.05) is 12.1 Å². The first-order valence-electron chi connectivity index (χ1n) is 5.97. The molecule has 0 amide bonds. The lowest BCUT2D eigenvalue weighted by Gasteiger charge is -2.24. The van der Waals surface area contributed by atoms with Gasteiger partial charge in [-0.3, -0.25) is 9.59 Å². The molecule has 2 heterocycles. The molecular weight excluding hydrogens is 230 g/mol. The molecule has 18 heavy (non-hydrogen) atoms. The molecule has 0 saturated heterocycles. The Hall–Kier alpha value is -2.10. The molecule has 92 valence electrons. The van der Waals surface area contributed by atoms with Crippen LogP contribution in [0.5, 0.6) is 5.75 Å². The summed E-state index contributed by atoms with van der Waals surface area (Å²) < 4.78 is 1.58. The number of nitrogens with zero attached hydrogens (tertiary/aromatic N) is 1. The molecule has 1 aromatic heterocycles. The molecule has 3 rings (SSSR count). The molecular formula is C14H12NO3-. The van der Waals surface area contributed by atoms with Crippen LogP contribution in [0.2, 0.25) is 0 Å². The van der Waals surface area contributed by atoms with Crippen molar-refractivity contribution < 1.29 is 9.90 Å². The summed E-state index contributed by atoms with van der Waals surface area (Å²) in [7, 11) is 0. The number of Topliss-reactive ketones (excluding diaryl/α,β-unsaturated/α-hetero) is 1. The van der Waals surface area contributed by atoms with Crippen molar-refractivity contribution in [3.8, 4) is 5.75 Å². The third kappa shape index (κ3) is 1.32. The summed E-state index contributed by atoms with van der Waals surface area (Å²) in [5.41, 5.74) is 1.08. The highest BCUT2D eigenvalue weighted by atomic mass is 16.3. The SMILES string of the molecule is CC(=O)c1c([O-])c2cccc3c2n(c1=O)CCC3. The molecule has 2 aromatic rings. The number of carbonyl (C=O) groups is 1. The quantitative estimate of drug-likeness (QED) is 0.706. The zero-order chi connectivity index (χ0) is 12.9. The van der Waals surface area contributed by atoms with Gasteiger partial charge in [0.05, 0.1) is 11.1 Å². The van der Waals surface area contributed by atoms with Gasteiger partial charge < -0.3 is 9.67 Å². The predicted octanol–water partition coefficient (Wildman–Crippen LogP) is 1.22. The van der Waals surface area contributed by atoms with E-state index in [-0.39, 0.29) is 5.56 Å². The molecule has 4 heteroatoms. The first kappa shape index (κ1) is 11.0. The van der Waals surface area contributed by atoms with Crippen LogP contribution < -0.4 is 10.7 Å². The maximum Gasteiger partial charge on any atom is 0.261 e. The largest absolute Gasteiger partial charge is 0.871 e. The second-order valence-electron chi connectivity index (χ2n) is 4.63. The number of pyridine rings is 1. The minimum absolute atomic E-state index is 0.207. The fourth-order valence-corrected chi connectivity index (χ4v) is 2.71. The first-order chi connectivity index (χ1) is 8.61. The van der Waals surface area contributed by atoms with Crippen LogP contribution in [0.15, 0.2) is 23.0 Å². The molecule has 0 radical (unpaired) electrons. The number of hydrogen-bond acceptors (Lipinski definition) is 3. The summed E-state index contributed by atoms with van der Waals surface area (Å²) in [5, 5.41) is 12.7. The number of hydrogen-bond donors (Lipinski definition) is 0. The Morgan fingerprint density at radius 1 is 1.39 bits per heavy atom. The van der Waals surface area contributed by atoms with Gasteiger partial charge in [-0.25, -0.2) is 0 Å².